The van der Waals surface area contributed by atoms with Crippen molar-refractivity contribution in [3.63, 3.8) is 0 Å². The molecule has 0 aliphatic heterocycles. The van der Waals surface area contributed by atoms with Crippen molar-refractivity contribution in [1.29, 1.82) is 0 Å². The lowest BCUT2D eigenvalue weighted by Gasteiger charge is -2.11. The van der Waals surface area contributed by atoms with E-state index in [1.165, 1.54) is 0 Å². The van der Waals surface area contributed by atoms with Gasteiger partial charge in [0.2, 0.25) is 0 Å². The fourth-order valence-electron chi connectivity index (χ4n) is 0.958. The first-order chi connectivity index (χ1) is 7.53. The second kappa shape index (κ2) is 3.57. The summed E-state index contributed by atoms with van der Waals surface area (Å²) in [4.78, 5) is 0. The Labute approximate surface area is 82.7 Å². The van der Waals surface area contributed by atoms with Crippen LogP contribution in [0.3, 0.4) is 0 Å². The van der Waals surface area contributed by atoms with E-state index in [-0.39, 0.29) is 0 Å². The van der Waals surface area contributed by atoms with Crippen LogP contribution in [0.5, 0.6) is 0 Å². The number of halogens is 4. The first kappa shape index (κ1) is 7.23. The lowest BCUT2D eigenvalue weighted by atomic mass is 10.0. The molecule has 0 amide bonds. The third kappa shape index (κ3) is 2.23. The van der Waals surface area contributed by atoms with Gasteiger partial charge in [0.1, 0.15) is 5.82 Å². The van der Waals surface area contributed by atoms with E-state index >= 15 is 0 Å². The molecule has 0 spiro atoms. The Morgan fingerprint density at radius 2 is 2.07 bits per heavy atom. The maximum atomic E-state index is 13.2. The van der Waals surface area contributed by atoms with Gasteiger partial charge in [-0.1, -0.05) is 0 Å². The molecule has 0 aromatic heterocycles. The quantitative estimate of drug-likeness (QED) is 0.708. The van der Waals surface area contributed by atoms with Gasteiger partial charge < -0.3 is 5.73 Å². The van der Waals surface area contributed by atoms with Crippen LogP contribution in [0.1, 0.15) is 28.1 Å². The summed E-state index contributed by atoms with van der Waals surface area (Å²) in [5, 5.41) is 0. The molecule has 1 atom stereocenters. The Kier molecular flexibility index (Phi) is 1.84. The highest BCUT2D eigenvalue weighted by atomic mass is 19.4. The molecule has 0 saturated carbocycles. The molecule has 1 aromatic rings. The molecule has 1 aromatic carbocycles. The van der Waals surface area contributed by atoms with Crippen molar-refractivity contribution in [2.75, 3.05) is 0 Å². The largest absolute Gasteiger partial charge is 0.416 e. The number of nitrogens with two attached hydrogens (primary N) is 1. The number of benzene rings is 1. The first-order valence-electron chi connectivity index (χ1n) is 5.15. The van der Waals surface area contributed by atoms with E-state index in [0.717, 1.165) is 0 Å². The molecule has 1 rings (SSSR count). The lowest BCUT2D eigenvalue weighted by molar-refractivity contribution is -0.137. The van der Waals surface area contributed by atoms with Crippen molar-refractivity contribution < 1.29 is 21.7 Å². The van der Waals surface area contributed by atoms with Gasteiger partial charge in [0.25, 0.3) is 0 Å². The Hall–Kier alpha value is -1.10. The molecule has 78 valence electrons. The van der Waals surface area contributed by atoms with E-state index < -0.39 is 36.0 Å². The van der Waals surface area contributed by atoms with Gasteiger partial charge in [-0.05, 0) is 25.1 Å². The normalized spacial score (nSPS) is 18.2. The molecule has 0 aliphatic carbocycles. The maximum absolute atomic E-state index is 13.2. The summed E-state index contributed by atoms with van der Waals surface area (Å²) in [7, 11) is 0. The Morgan fingerprint density at radius 3 is 2.57 bits per heavy atom. The minimum atomic E-state index is -4.67. The lowest BCUT2D eigenvalue weighted by Crippen LogP contribution is -2.11. The second-order valence-corrected chi connectivity index (χ2v) is 2.71. The molecule has 0 fully saturated rings. The zero-order valence-electron chi connectivity index (χ0n) is 9.90. The number of hydrogen-bond acceptors (Lipinski definition) is 1. The summed E-state index contributed by atoms with van der Waals surface area (Å²) in [6, 6.07) is -0.272. The topological polar surface area (TPSA) is 26.0 Å². The third-order valence-electron chi connectivity index (χ3n) is 1.66. The summed E-state index contributed by atoms with van der Waals surface area (Å²) in [5.74, 6) is -1.07. The van der Waals surface area contributed by atoms with Gasteiger partial charge in [0, 0.05) is 15.7 Å². The average Bonchev–Trinajstić information content (AvgIpc) is 2.14. The average molecular weight is 210 g/mol. The molecule has 0 radical (unpaired) electrons. The summed E-state index contributed by atoms with van der Waals surface area (Å²) < 4.78 is 71.2. The van der Waals surface area contributed by atoms with Crippen LogP contribution < -0.4 is 5.73 Å². The zero-order chi connectivity index (χ0) is 13.4. The van der Waals surface area contributed by atoms with Crippen LogP contribution in [0, 0.1) is 5.82 Å². The molecule has 0 saturated heterocycles. The van der Waals surface area contributed by atoms with Gasteiger partial charge in [0.15, 0.2) is 0 Å². The van der Waals surface area contributed by atoms with Gasteiger partial charge in [-0.25, -0.2) is 4.39 Å². The van der Waals surface area contributed by atoms with Crippen LogP contribution >= 0.6 is 0 Å². The smallest absolute Gasteiger partial charge is 0.324 e. The van der Waals surface area contributed by atoms with Crippen molar-refractivity contribution in [3.8, 4) is 0 Å². The predicted molar refractivity (Wildman–Crippen MR) is 44.0 cm³/mol. The molecular weight excluding hydrogens is 198 g/mol. The van der Waals surface area contributed by atoms with Gasteiger partial charge in [-0.3, -0.25) is 0 Å². The highest BCUT2D eigenvalue weighted by Crippen LogP contribution is 2.31. The molecule has 0 unspecified atom stereocenters. The van der Waals surface area contributed by atoms with Crippen LogP contribution in [0.15, 0.2) is 18.2 Å². The van der Waals surface area contributed by atoms with Gasteiger partial charge in [-0.15, -0.1) is 0 Å². The fourth-order valence-corrected chi connectivity index (χ4v) is 0.958. The number of rotatable bonds is 1. The molecule has 1 nitrogen and oxygen atoms in total. The van der Waals surface area contributed by atoms with E-state index in [2.05, 4.69) is 0 Å². The maximum Gasteiger partial charge on any atom is 0.416 e. The van der Waals surface area contributed by atoms with Crippen molar-refractivity contribution in [1.82, 2.24) is 0 Å². The van der Waals surface area contributed by atoms with Gasteiger partial charge in [-0.2, -0.15) is 13.2 Å². The zero-order valence-corrected chi connectivity index (χ0v) is 6.90. The van der Waals surface area contributed by atoms with Crippen molar-refractivity contribution in [2.45, 2.75) is 19.1 Å². The molecule has 5 heteroatoms. The molecule has 0 bridgehead atoms. The van der Waals surface area contributed by atoms with E-state index in [0.29, 0.717) is 18.2 Å². The standard InChI is InChI=1S/C9H9F4N/c1-5(14)7-4-6(9(11,12)13)2-3-8(7)10/h2-5H,14H2,1H3/t5-/m1/s1/i1D3. The Bertz CT molecular complexity index is 414. The monoisotopic (exact) mass is 210 g/mol. The minimum absolute atomic E-state index is 0.423. The molecule has 0 heterocycles. The molecule has 2 N–H and O–H groups in total. The summed E-state index contributed by atoms with van der Waals surface area (Å²) in [5.41, 5.74) is 3.42. The van der Waals surface area contributed by atoms with Crippen molar-refractivity contribution in [2.24, 2.45) is 5.73 Å². The molecular formula is C9H9F4N. The SMILES string of the molecule is [2H]C([2H])([2H])[C@@H](N)c1cc(C(F)(F)F)ccc1F. The van der Waals surface area contributed by atoms with E-state index in [9.17, 15) is 17.6 Å². The third-order valence-corrected chi connectivity index (χ3v) is 1.66. The van der Waals surface area contributed by atoms with Gasteiger partial charge in [0.05, 0.1) is 5.56 Å². The van der Waals surface area contributed by atoms with Crippen LogP contribution in [0.25, 0.3) is 0 Å². The Balaban J connectivity index is 3.25. The highest BCUT2D eigenvalue weighted by Gasteiger charge is 2.31. The molecule has 14 heavy (non-hydrogen) atoms. The van der Waals surface area contributed by atoms with Crippen molar-refractivity contribution in [3.05, 3.63) is 35.1 Å². The summed E-state index contributed by atoms with van der Waals surface area (Å²) in [6.07, 6.45) is -4.67. The number of hydrogen-bond donors (Lipinski definition) is 1. The second-order valence-electron chi connectivity index (χ2n) is 2.71. The minimum Gasteiger partial charge on any atom is -0.324 e. The Morgan fingerprint density at radius 1 is 1.43 bits per heavy atom. The fraction of sp³-hybridized carbons (Fsp3) is 0.333. The number of alkyl halides is 3. The van der Waals surface area contributed by atoms with Crippen LogP contribution in [0.2, 0.25) is 0 Å². The van der Waals surface area contributed by atoms with Crippen molar-refractivity contribution >= 4 is 0 Å². The van der Waals surface area contributed by atoms with Gasteiger partial charge >= 0.3 is 6.18 Å². The van der Waals surface area contributed by atoms with E-state index in [4.69, 9.17) is 9.85 Å². The van der Waals surface area contributed by atoms with Crippen LogP contribution in [0.4, 0.5) is 17.6 Å². The highest BCUT2D eigenvalue weighted by molar-refractivity contribution is 5.28. The van der Waals surface area contributed by atoms with E-state index in [1.807, 2.05) is 0 Å². The first-order valence-corrected chi connectivity index (χ1v) is 3.65. The summed E-state index contributed by atoms with van der Waals surface area (Å²) in [6.45, 7) is -2.76. The van der Waals surface area contributed by atoms with Crippen LogP contribution in [-0.2, 0) is 6.18 Å². The van der Waals surface area contributed by atoms with E-state index in [1.54, 1.807) is 0 Å². The molecule has 0 aliphatic rings. The summed E-state index contributed by atoms with van der Waals surface area (Å²) >= 11 is 0. The van der Waals surface area contributed by atoms with Crippen LogP contribution in [-0.4, -0.2) is 0 Å². The predicted octanol–water partition coefficient (Wildman–Crippen LogP) is 2.86.